The molecule has 0 amide bonds. The van der Waals surface area contributed by atoms with Gasteiger partial charge in [0, 0.05) is 20.0 Å². The van der Waals surface area contributed by atoms with Crippen molar-refractivity contribution in [3.8, 4) is 0 Å². The summed E-state index contributed by atoms with van der Waals surface area (Å²) in [6.45, 7) is -0.628. The van der Waals surface area contributed by atoms with Crippen molar-refractivity contribution in [3.63, 3.8) is 0 Å². The number of carbonyl (C=O) groups excluding carboxylic acids is 3. The number of aliphatic hydroxyl groups is 1. The summed E-state index contributed by atoms with van der Waals surface area (Å²) < 4.78 is 41.5. The molecule has 0 aliphatic carbocycles. The van der Waals surface area contributed by atoms with Crippen LogP contribution in [0.3, 0.4) is 0 Å². The third-order valence-electron chi connectivity index (χ3n) is 8.95. The van der Waals surface area contributed by atoms with Gasteiger partial charge in [-0.05, 0) is 49.2 Å². The summed E-state index contributed by atoms with van der Waals surface area (Å²) in [4.78, 5) is 50.5. The van der Waals surface area contributed by atoms with Crippen LogP contribution in [0.1, 0.15) is 35.0 Å². The molecule has 1 fully saturated rings. The zero-order chi connectivity index (χ0) is 35.3. The lowest BCUT2D eigenvalue weighted by molar-refractivity contribution is -0.301. The number of esters is 3. The Kier molecular flexibility index (Phi) is 10.2. The predicted molar refractivity (Wildman–Crippen MR) is 179 cm³/mol. The molecule has 2 aromatic heterocycles. The van der Waals surface area contributed by atoms with Gasteiger partial charge in [-0.3, -0.25) is 9.59 Å². The minimum Gasteiger partial charge on any atom is -0.454 e. The minimum atomic E-state index is -1.44. The average Bonchev–Trinajstić information content (AvgIpc) is 3.76. The number of benzene rings is 3. The van der Waals surface area contributed by atoms with Crippen molar-refractivity contribution in [1.29, 1.82) is 0 Å². The van der Waals surface area contributed by atoms with E-state index in [1.54, 1.807) is 54.6 Å². The largest absolute Gasteiger partial charge is 0.454 e. The van der Waals surface area contributed by atoms with Crippen LogP contribution in [0.5, 0.6) is 0 Å². The summed E-state index contributed by atoms with van der Waals surface area (Å²) in [5.74, 6) is -3.03. The number of nitrogens with zero attached hydrogens (tertiary/aromatic N) is 2. The zero-order valence-electron chi connectivity index (χ0n) is 27.7. The Hall–Kier alpha value is -5.37. The van der Waals surface area contributed by atoms with Crippen molar-refractivity contribution in [2.24, 2.45) is 11.8 Å². The molecule has 0 radical (unpaired) electrons. The minimum absolute atomic E-state index is 0.0868. The van der Waals surface area contributed by atoms with Crippen LogP contribution in [0.25, 0.3) is 22.2 Å². The first-order chi connectivity index (χ1) is 24.9. The maximum absolute atomic E-state index is 14.1. The fraction of sp³-hybridized carbons (Fsp3) is 0.342. The lowest BCUT2D eigenvalue weighted by Gasteiger charge is -2.44. The van der Waals surface area contributed by atoms with Crippen molar-refractivity contribution >= 4 is 40.1 Å². The molecule has 3 aromatic carbocycles. The predicted octanol–water partition coefficient (Wildman–Crippen LogP) is 4.75. The Balaban J connectivity index is 1.24. The summed E-state index contributed by atoms with van der Waals surface area (Å²) in [7, 11) is 1.33. The zero-order valence-corrected chi connectivity index (χ0v) is 27.7. The van der Waals surface area contributed by atoms with E-state index in [1.165, 1.54) is 7.11 Å². The van der Waals surface area contributed by atoms with E-state index < -0.39 is 67.1 Å². The summed E-state index contributed by atoms with van der Waals surface area (Å²) in [6, 6.07) is 22.7. The van der Waals surface area contributed by atoms with E-state index in [9.17, 15) is 19.5 Å². The van der Waals surface area contributed by atoms with Crippen LogP contribution in [-0.2, 0) is 46.1 Å². The maximum atomic E-state index is 14.1. The number of aromatic nitrogens is 2. The molecule has 0 saturated carbocycles. The van der Waals surface area contributed by atoms with E-state index in [0.717, 1.165) is 0 Å². The van der Waals surface area contributed by atoms with E-state index in [4.69, 9.17) is 32.5 Å². The lowest BCUT2D eigenvalue weighted by atomic mass is 9.95. The normalized spacial score (nSPS) is 25.7. The van der Waals surface area contributed by atoms with E-state index in [-0.39, 0.29) is 31.2 Å². The number of hydrogen-bond donors (Lipinski definition) is 1. The maximum Gasteiger partial charge on any atom is 0.338 e. The number of methoxy groups -OCH3 is 1. The Labute approximate surface area is 292 Å². The van der Waals surface area contributed by atoms with Crippen molar-refractivity contribution in [2.75, 3.05) is 13.7 Å². The molecule has 13 nitrogen and oxygen atoms in total. The van der Waals surface area contributed by atoms with E-state index >= 15 is 0 Å². The first-order valence-corrected chi connectivity index (χ1v) is 16.7. The fourth-order valence-corrected chi connectivity index (χ4v) is 6.33. The summed E-state index contributed by atoms with van der Waals surface area (Å²) in [5, 5.41) is 10.4. The van der Waals surface area contributed by atoms with Crippen molar-refractivity contribution in [3.05, 3.63) is 108 Å². The van der Waals surface area contributed by atoms with E-state index in [2.05, 4.69) is 9.97 Å². The van der Waals surface area contributed by atoms with Crippen molar-refractivity contribution in [2.45, 2.75) is 56.4 Å². The smallest absolute Gasteiger partial charge is 0.338 e. The Morgan fingerprint density at radius 1 is 0.765 bits per heavy atom. The van der Waals surface area contributed by atoms with Gasteiger partial charge in [0.15, 0.2) is 47.5 Å². The number of oxazole rings is 2. The van der Waals surface area contributed by atoms with Gasteiger partial charge in [0.1, 0.15) is 17.1 Å². The number of para-hydroxylation sites is 4. The number of rotatable bonds is 8. The average molecular weight is 697 g/mol. The quantitative estimate of drug-likeness (QED) is 0.134. The second-order valence-electron chi connectivity index (χ2n) is 12.4. The number of ether oxygens (including phenoxy) is 5. The number of aliphatic hydroxyl groups excluding tert-OH is 1. The molecule has 2 aliphatic rings. The Bertz CT molecular complexity index is 1960. The van der Waals surface area contributed by atoms with Gasteiger partial charge < -0.3 is 37.6 Å². The monoisotopic (exact) mass is 696 g/mol. The standard InChI is InChI=1S/C38H36N2O11/c1-45-38-34-33(32(29(21-41)48-38)49-35(42)22-11-3-2-4-12-22)50-36(43)23(19-30-39-25-15-7-9-17-27(25)46-30)13-5-6-14-24(37(44)51-34)20-31-40-26-16-8-10-18-28(26)47-31/h2-12,15-18,23-24,29,32-34,38,41H,13-14,19-21H2,1H3/t23-,24-,29-,32+,33+,34-,38+/m1/s1. The van der Waals surface area contributed by atoms with Gasteiger partial charge in [-0.25, -0.2) is 14.8 Å². The van der Waals surface area contributed by atoms with Crippen molar-refractivity contribution < 1.29 is 52.0 Å². The first-order valence-electron chi connectivity index (χ1n) is 16.7. The number of allylic oxidation sites excluding steroid dienone is 2. The second kappa shape index (κ2) is 15.3. The summed E-state index contributed by atoms with van der Waals surface area (Å²) in [6.07, 6.45) is -2.51. The fourth-order valence-electron chi connectivity index (χ4n) is 6.33. The Morgan fingerprint density at radius 3 is 1.82 bits per heavy atom. The van der Waals surface area contributed by atoms with Gasteiger partial charge in [0.2, 0.25) is 0 Å². The van der Waals surface area contributed by atoms with E-state index in [1.807, 2.05) is 36.4 Å². The van der Waals surface area contributed by atoms with Crippen LogP contribution in [0.4, 0.5) is 0 Å². The highest BCUT2D eigenvalue weighted by Crippen LogP contribution is 2.33. The second-order valence-corrected chi connectivity index (χ2v) is 12.4. The number of fused-ring (bicyclic) bond motifs is 3. The molecule has 264 valence electrons. The Morgan fingerprint density at radius 2 is 1.29 bits per heavy atom. The molecule has 13 heteroatoms. The molecule has 4 heterocycles. The van der Waals surface area contributed by atoms with Gasteiger partial charge >= 0.3 is 17.9 Å². The molecule has 51 heavy (non-hydrogen) atoms. The molecule has 5 aromatic rings. The first kappa shape index (κ1) is 34.1. The highest BCUT2D eigenvalue weighted by Gasteiger charge is 2.53. The lowest BCUT2D eigenvalue weighted by Crippen LogP contribution is -2.63. The molecule has 0 unspecified atom stereocenters. The molecule has 1 saturated heterocycles. The van der Waals surface area contributed by atoms with Gasteiger partial charge in [-0.1, -0.05) is 54.6 Å². The summed E-state index contributed by atoms with van der Waals surface area (Å²) in [5.41, 5.74) is 2.66. The number of hydrogen-bond acceptors (Lipinski definition) is 13. The van der Waals surface area contributed by atoms with Crippen LogP contribution in [-0.4, -0.2) is 77.4 Å². The molecule has 0 spiro atoms. The van der Waals surface area contributed by atoms with Crippen LogP contribution in [0.2, 0.25) is 0 Å². The molecular formula is C38H36N2O11. The third-order valence-corrected chi connectivity index (χ3v) is 8.95. The molecule has 7 rings (SSSR count). The highest BCUT2D eigenvalue weighted by atomic mass is 16.7. The van der Waals surface area contributed by atoms with Crippen LogP contribution >= 0.6 is 0 Å². The molecule has 1 N–H and O–H groups in total. The van der Waals surface area contributed by atoms with Crippen LogP contribution < -0.4 is 0 Å². The van der Waals surface area contributed by atoms with Gasteiger partial charge in [0.05, 0.1) is 24.0 Å². The van der Waals surface area contributed by atoms with Crippen LogP contribution in [0, 0.1) is 11.8 Å². The molecule has 2 aliphatic heterocycles. The van der Waals surface area contributed by atoms with E-state index in [0.29, 0.717) is 34.0 Å². The molecule has 0 bridgehead atoms. The van der Waals surface area contributed by atoms with Gasteiger partial charge in [0.25, 0.3) is 0 Å². The van der Waals surface area contributed by atoms with Crippen molar-refractivity contribution in [1.82, 2.24) is 9.97 Å². The summed E-state index contributed by atoms with van der Waals surface area (Å²) >= 11 is 0. The van der Waals surface area contributed by atoms with Gasteiger partial charge in [-0.2, -0.15) is 0 Å². The molecule has 7 atom stereocenters. The topological polar surface area (TPSA) is 170 Å². The number of carbonyl (C=O) groups is 3. The SMILES string of the molecule is CO[C@H]1O[C@H](CO)[C@H](OC(=O)c2ccccc2)[C@@H]2OC(=O)[C@@H](Cc3nc4ccccc4o3)CC=CC[C@H](Cc3nc4ccccc4o3)C(=O)O[C@@H]12. The third kappa shape index (κ3) is 7.55. The molecular weight excluding hydrogens is 660 g/mol. The van der Waals surface area contributed by atoms with Crippen LogP contribution in [0.15, 0.2) is 99.8 Å². The highest BCUT2D eigenvalue weighted by molar-refractivity contribution is 5.89. The van der Waals surface area contributed by atoms with Gasteiger partial charge in [-0.15, -0.1) is 0 Å².